The molecular weight excluding hydrogens is 306 g/mol. The molecule has 0 aliphatic heterocycles. The van der Waals surface area contributed by atoms with Gasteiger partial charge in [0.2, 0.25) is 0 Å². The molecule has 5 heteroatoms. The molecule has 3 rings (SSSR count). The van der Waals surface area contributed by atoms with Crippen LogP contribution >= 0.6 is 0 Å². The SMILES string of the molecule is COc1cccc(COc2cc3ccn(C)c(=O)c3cc2OC)c1. The molecule has 0 saturated heterocycles. The highest BCUT2D eigenvalue weighted by Gasteiger charge is 2.10. The monoisotopic (exact) mass is 325 g/mol. The first kappa shape index (κ1) is 15.9. The van der Waals surface area contributed by atoms with Gasteiger partial charge in [0.15, 0.2) is 11.5 Å². The summed E-state index contributed by atoms with van der Waals surface area (Å²) in [7, 11) is 4.92. The lowest BCUT2D eigenvalue weighted by atomic mass is 10.1. The Morgan fingerprint density at radius 1 is 1.00 bits per heavy atom. The number of hydrogen-bond donors (Lipinski definition) is 0. The quantitative estimate of drug-likeness (QED) is 0.723. The molecular formula is C19H19NO4. The third-order valence-corrected chi connectivity index (χ3v) is 3.89. The second kappa shape index (κ2) is 6.66. The van der Waals surface area contributed by atoms with Crippen LogP contribution in [-0.2, 0) is 13.7 Å². The summed E-state index contributed by atoms with van der Waals surface area (Å²) in [4.78, 5) is 12.2. The van der Waals surface area contributed by atoms with Crippen molar-refractivity contribution in [3.63, 3.8) is 0 Å². The van der Waals surface area contributed by atoms with Crippen LogP contribution in [0, 0.1) is 0 Å². The van der Waals surface area contributed by atoms with Crippen LogP contribution in [0.25, 0.3) is 10.8 Å². The second-order valence-corrected chi connectivity index (χ2v) is 5.46. The molecule has 0 bridgehead atoms. The van der Waals surface area contributed by atoms with E-state index in [4.69, 9.17) is 14.2 Å². The first-order chi connectivity index (χ1) is 11.6. The lowest BCUT2D eigenvalue weighted by molar-refractivity contribution is 0.284. The smallest absolute Gasteiger partial charge is 0.258 e. The molecule has 0 aliphatic carbocycles. The number of pyridine rings is 1. The fraction of sp³-hybridized carbons (Fsp3) is 0.211. The van der Waals surface area contributed by atoms with E-state index in [1.165, 1.54) is 0 Å². The van der Waals surface area contributed by atoms with Gasteiger partial charge in [0.1, 0.15) is 12.4 Å². The van der Waals surface area contributed by atoms with E-state index in [0.29, 0.717) is 23.5 Å². The van der Waals surface area contributed by atoms with Crippen LogP contribution in [0.5, 0.6) is 17.2 Å². The normalized spacial score (nSPS) is 10.6. The van der Waals surface area contributed by atoms with E-state index in [1.807, 2.05) is 36.4 Å². The summed E-state index contributed by atoms with van der Waals surface area (Å²) < 4.78 is 18.0. The highest BCUT2D eigenvalue weighted by atomic mass is 16.5. The first-order valence-corrected chi connectivity index (χ1v) is 7.55. The van der Waals surface area contributed by atoms with E-state index < -0.39 is 0 Å². The minimum atomic E-state index is -0.0647. The van der Waals surface area contributed by atoms with Crippen molar-refractivity contribution in [2.24, 2.45) is 7.05 Å². The fourth-order valence-corrected chi connectivity index (χ4v) is 2.54. The number of nitrogens with zero attached hydrogens (tertiary/aromatic N) is 1. The van der Waals surface area contributed by atoms with E-state index in [0.717, 1.165) is 16.7 Å². The van der Waals surface area contributed by atoms with Gasteiger partial charge in [0, 0.05) is 13.2 Å². The predicted octanol–water partition coefficient (Wildman–Crippen LogP) is 3.13. The Hall–Kier alpha value is -2.95. The van der Waals surface area contributed by atoms with E-state index >= 15 is 0 Å². The zero-order valence-electron chi connectivity index (χ0n) is 13.9. The molecule has 0 amide bonds. The molecule has 1 heterocycles. The third kappa shape index (κ3) is 3.06. The molecule has 0 aliphatic rings. The minimum Gasteiger partial charge on any atom is -0.497 e. The topological polar surface area (TPSA) is 49.7 Å². The highest BCUT2D eigenvalue weighted by Crippen LogP contribution is 2.31. The van der Waals surface area contributed by atoms with Crippen LogP contribution in [0.4, 0.5) is 0 Å². The van der Waals surface area contributed by atoms with Gasteiger partial charge in [-0.3, -0.25) is 4.79 Å². The molecule has 5 nitrogen and oxygen atoms in total. The number of benzene rings is 2. The van der Waals surface area contributed by atoms with Gasteiger partial charge in [0.25, 0.3) is 5.56 Å². The van der Waals surface area contributed by atoms with Gasteiger partial charge in [-0.15, -0.1) is 0 Å². The van der Waals surface area contributed by atoms with Crippen LogP contribution in [0.3, 0.4) is 0 Å². The maximum absolute atomic E-state index is 12.2. The molecule has 24 heavy (non-hydrogen) atoms. The summed E-state index contributed by atoms with van der Waals surface area (Å²) in [6.45, 7) is 0.379. The number of methoxy groups -OCH3 is 2. The standard InChI is InChI=1S/C19H19NO4/c1-20-8-7-14-10-18(17(23-3)11-16(14)19(20)21)24-12-13-5-4-6-15(9-13)22-2/h4-11H,12H2,1-3H3. The van der Waals surface area contributed by atoms with Gasteiger partial charge in [-0.05, 0) is 41.3 Å². The van der Waals surface area contributed by atoms with Gasteiger partial charge < -0.3 is 18.8 Å². The molecule has 0 saturated carbocycles. The Kier molecular flexibility index (Phi) is 4.42. The zero-order chi connectivity index (χ0) is 17.1. The average molecular weight is 325 g/mol. The molecule has 0 atom stereocenters. The van der Waals surface area contributed by atoms with Gasteiger partial charge >= 0.3 is 0 Å². The van der Waals surface area contributed by atoms with Crippen molar-refractivity contribution >= 4 is 10.8 Å². The number of rotatable bonds is 5. The first-order valence-electron chi connectivity index (χ1n) is 7.55. The maximum Gasteiger partial charge on any atom is 0.258 e. The third-order valence-electron chi connectivity index (χ3n) is 3.89. The summed E-state index contributed by atoms with van der Waals surface area (Å²) in [6.07, 6.45) is 1.74. The van der Waals surface area contributed by atoms with Crippen molar-refractivity contribution in [1.29, 1.82) is 0 Å². The number of ether oxygens (including phenoxy) is 3. The second-order valence-electron chi connectivity index (χ2n) is 5.46. The van der Waals surface area contributed by atoms with E-state index in [2.05, 4.69) is 0 Å². The number of hydrogen-bond acceptors (Lipinski definition) is 4. The van der Waals surface area contributed by atoms with Crippen molar-refractivity contribution in [2.75, 3.05) is 14.2 Å². The zero-order valence-corrected chi connectivity index (χ0v) is 13.9. The lowest BCUT2D eigenvalue weighted by Gasteiger charge is -2.13. The summed E-state index contributed by atoms with van der Waals surface area (Å²) in [5.74, 6) is 1.92. The number of aryl methyl sites for hydroxylation is 1. The Morgan fingerprint density at radius 3 is 2.58 bits per heavy atom. The Balaban J connectivity index is 1.93. The molecule has 0 spiro atoms. The Morgan fingerprint density at radius 2 is 1.83 bits per heavy atom. The van der Waals surface area contributed by atoms with Crippen molar-refractivity contribution in [1.82, 2.24) is 4.57 Å². The largest absolute Gasteiger partial charge is 0.497 e. The molecule has 0 N–H and O–H groups in total. The van der Waals surface area contributed by atoms with Gasteiger partial charge in [-0.25, -0.2) is 0 Å². The minimum absolute atomic E-state index is 0.0647. The van der Waals surface area contributed by atoms with Crippen molar-refractivity contribution in [2.45, 2.75) is 6.61 Å². The molecule has 2 aromatic carbocycles. The van der Waals surface area contributed by atoms with Crippen LogP contribution < -0.4 is 19.8 Å². The predicted molar refractivity (Wildman–Crippen MR) is 93.1 cm³/mol. The van der Waals surface area contributed by atoms with Crippen LogP contribution in [-0.4, -0.2) is 18.8 Å². The average Bonchev–Trinajstić information content (AvgIpc) is 2.62. The van der Waals surface area contributed by atoms with Crippen molar-refractivity contribution < 1.29 is 14.2 Å². The number of aromatic nitrogens is 1. The summed E-state index contributed by atoms with van der Waals surface area (Å²) >= 11 is 0. The number of fused-ring (bicyclic) bond motifs is 1. The van der Waals surface area contributed by atoms with Crippen LogP contribution in [0.15, 0.2) is 53.5 Å². The lowest BCUT2D eigenvalue weighted by Crippen LogP contribution is -2.15. The summed E-state index contributed by atoms with van der Waals surface area (Å²) in [5, 5.41) is 1.42. The van der Waals surface area contributed by atoms with E-state index in [9.17, 15) is 4.79 Å². The molecule has 0 fully saturated rings. The fourth-order valence-electron chi connectivity index (χ4n) is 2.54. The van der Waals surface area contributed by atoms with Crippen molar-refractivity contribution in [3.05, 3.63) is 64.6 Å². The molecule has 124 valence electrons. The van der Waals surface area contributed by atoms with Crippen molar-refractivity contribution in [3.8, 4) is 17.2 Å². The van der Waals surface area contributed by atoms with Gasteiger partial charge in [-0.2, -0.15) is 0 Å². The highest BCUT2D eigenvalue weighted by molar-refractivity contribution is 5.85. The molecule has 1 aromatic heterocycles. The maximum atomic E-state index is 12.2. The van der Waals surface area contributed by atoms with Gasteiger partial charge in [-0.1, -0.05) is 12.1 Å². The molecule has 0 unspecified atom stereocenters. The van der Waals surface area contributed by atoms with Crippen LogP contribution in [0.1, 0.15) is 5.56 Å². The van der Waals surface area contributed by atoms with E-state index in [-0.39, 0.29) is 5.56 Å². The Bertz CT molecular complexity index is 930. The summed E-state index contributed by atoms with van der Waals surface area (Å²) in [6, 6.07) is 13.1. The molecule has 3 aromatic rings. The van der Waals surface area contributed by atoms with Crippen LogP contribution in [0.2, 0.25) is 0 Å². The summed E-state index contributed by atoms with van der Waals surface area (Å²) in [5.41, 5.74) is 0.922. The van der Waals surface area contributed by atoms with Gasteiger partial charge in [0.05, 0.1) is 19.6 Å². The van der Waals surface area contributed by atoms with E-state index in [1.54, 1.807) is 38.1 Å². The molecule has 0 radical (unpaired) electrons. The Labute approximate surface area is 140 Å².